The number of aromatic nitrogens is 2. The molecule has 0 spiro atoms. The molecule has 4 nitrogen and oxygen atoms in total. The van der Waals surface area contributed by atoms with Gasteiger partial charge in [-0.15, -0.1) is 0 Å². The molecule has 128 valence electrons. The van der Waals surface area contributed by atoms with Crippen LogP contribution in [0, 0.1) is 6.92 Å². The SMILES string of the molecule is CCC(CC)N1CCCc2c(C)nc(Nc3ccccc3Br)nc21. The maximum atomic E-state index is 4.89. The van der Waals surface area contributed by atoms with Crippen LogP contribution in [0.25, 0.3) is 0 Å². The molecular formula is C19H25BrN4. The molecule has 0 amide bonds. The zero-order valence-electron chi connectivity index (χ0n) is 14.6. The lowest BCUT2D eigenvalue weighted by atomic mass is 10.0. The van der Waals surface area contributed by atoms with E-state index in [0.717, 1.165) is 47.5 Å². The third-order valence-corrected chi connectivity index (χ3v) is 5.49. The molecule has 5 heteroatoms. The van der Waals surface area contributed by atoms with Crippen LogP contribution < -0.4 is 10.2 Å². The number of para-hydroxylation sites is 1. The quantitative estimate of drug-likeness (QED) is 0.760. The monoisotopic (exact) mass is 388 g/mol. The molecule has 0 radical (unpaired) electrons. The van der Waals surface area contributed by atoms with Gasteiger partial charge in [0.15, 0.2) is 0 Å². The molecule has 3 rings (SSSR count). The second-order valence-corrected chi connectivity index (χ2v) is 7.16. The van der Waals surface area contributed by atoms with Crippen LogP contribution >= 0.6 is 15.9 Å². The molecule has 2 heterocycles. The van der Waals surface area contributed by atoms with E-state index in [9.17, 15) is 0 Å². The first-order valence-electron chi connectivity index (χ1n) is 8.79. The summed E-state index contributed by atoms with van der Waals surface area (Å²) in [7, 11) is 0. The normalized spacial score (nSPS) is 14.0. The summed E-state index contributed by atoms with van der Waals surface area (Å²) in [4.78, 5) is 12.1. The Bertz CT molecular complexity index is 713. The molecule has 0 saturated carbocycles. The number of hydrogen-bond acceptors (Lipinski definition) is 4. The molecule has 0 saturated heterocycles. The summed E-state index contributed by atoms with van der Waals surface area (Å²) in [6.45, 7) is 7.71. The molecule has 0 unspecified atom stereocenters. The minimum absolute atomic E-state index is 0.551. The highest BCUT2D eigenvalue weighted by atomic mass is 79.9. The number of benzene rings is 1. The largest absolute Gasteiger partial charge is 0.353 e. The van der Waals surface area contributed by atoms with Gasteiger partial charge in [-0.05, 0) is 60.7 Å². The van der Waals surface area contributed by atoms with Crippen molar-refractivity contribution in [2.45, 2.75) is 52.5 Å². The van der Waals surface area contributed by atoms with E-state index < -0.39 is 0 Å². The van der Waals surface area contributed by atoms with Crippen molar-refractivity contribution < 1.29 is 0 Å². The van der Waals surface area contributed by atoms with Crippen LogP contribution in [-0.4, -0.2) is 22.6 Å². The van der Waals surface area contributed by atoms with Crippen LogP contribution in [-0.2, 0) is 6.42 Å². The van der Waals surface area contributed by atoms with Crippen LogP contribution in [0.3, 0.4) is 0 Å². The summed E-state index contributed by atoms with van der Waals surface area (Å²) < 4.78 is 1.01. The van der Waals surface area contributed by atoms with Gasteiger partial charge in [0.2, 0.25) is 5.95 Å². The maximum Gasteiger partial charge on any atom is 0.229 e. The van der Waals surface area contributed by atoms with Gasteiger partial charge in [0, 0.05) is 28.3 Å². The van der Waals surface area contributed by atoms with Crippen molar-refractivity contribution >= 4 is 33.4 Å². The van der Waals surface area contributed by atoms with Gasteiger partial charge in [0.25, 0.3) is 0 Å². The second-order valence-electron chi connectivity index (χ2n) is 6.31. The highest BCUT2D eigenvalue weighted by molar-refractivity contribution is 9.10. The molecule has 24 heavy (non-hydrogen) atoms. The molecule has 0 bridgehead atoms. The van der Waals surface area contributed by atoms with E-state index in [1.54, 1.807) is 0 Å². The van der Waals surface area contributed by atoms with Gasteiger partial charge in [-0.1, -0.05) is 26.0 Å². The van der Waals surface area contributed by atoms with Crippen LogP contribution in [0.1, 0.15) is 44.4 Å². The predicted molar refractivity (Wildman–Crippen MR) is 104 cm³/mol. The van der Waals surface area contributed by atoms with E-state index in [1.807, 2.05) is 24.3 Å². The third kappa shape index (κ3) is 3.41. The molecule has 1 aliphatic rings. The average molecular weight is 389 g/mol. The molecule has 1 N–H and O–H groups in total. The van der Waals surface area contributed by atoms with E-state index in [4.69, 9.17) is 9.97 Å². The lowest BCUT2D eigenvalue weighted by molar-refractivity contribution is 0.525. The average Bonchev–Trinajstić information content (AvgIpc) is 2.59. The Morgan fingerprint density at radius 1 is 1.21 bits per heavy atom. The Morgan fingerprint density at radius 2 is 1.96 bits per heavy atom. The second kappa shape index (κ2) is 7.51. The predicted octanol–water partition coefficient (Wildman–Crippen LogP) is 5.23. The summed E-state index contributed by atoms with van der Waals surface area (Å²) in [5.74, 6) is 1.80. The number of aryl methyl sites for hydroxylation is 1. The summed E-state index contributed by atoms with van der Waals surface area (Å²) in [6.07, 6.45) is 4.55. The Hall–Kier alpha value is -1.62. The van der Waals surface area contributed by atoms with E-state index in [0.29, 0.717) is 12.0 Å². The molecular weight excluding hydrogens is 364 g/mol. The smallest absolute Gasteiger partial charge is 0.229 e. The van der Waals surface area contributed by atoms with E-state index >= 15 is 0 Å². The third-order valence-electron chi connectivity index (χ3n) is 4.79. The minimum atomic E-state index is 0.551. The molecule has 0 fully saturated rings. The van der Waals surface area contributed by atoms with Crippen LogP contribution in [0.5, 0.6) is 0 Å². The van der Waals surface area contributed by atoms with Gasteiger partial charge in [0.1, 0.15) is 5.82 Å². The van der Waals surface area contributed by atoms with E-state index in [-0.39, 0.29) is 0 Å². The number of hydrogen-bond donors (Lipinski definition) is 1. The van der Waals surface area contributed by atoms with Gasteiger partial charge < -0.3 is 10.2 Å². The van der Waals surface area contributed by atoms with Gasteiger partial charge >= 0.3 is 0 Å². The minimum Gasteiger partial charge on any atom is -0.353 e. The van der Waals surface area contributed by atoms with Gasteiger partial charge in [0.05, 0.1) is 5.69 Å². The topological polar surface area (TPSA) is 41.1 Å². The number of rotatable bonds is 5. The number of nitrogens with zero attached hydrogens (tertiary/aromatic N) is 3. The van der Waals surface area contributed by atoms with Crippen molar-refractivity contribution in [1.82, 2.24) is 9.97 Å². The van der Waals surface area contributed by atoms with Gasteiger partial charge in [-0.3, -0.25) is 0 Å². The van der Waals surface area contributed by atoms with Crippen molar-refractivity contribution in [3.63, 3.8) is 0 Å². The first-order valence-corrected chi connectivity index (χ1v) is 9.59. The Labute approximate surface area is 152 Å². The zero-order valence-corrected chi connectivity index (χ0v) is 16.2. The molecule has 1 aliphatic heterocycles. The Morgan fingerprint density at radius 3 is 2.67 bits per heavy atom. The van der Waals surface area contributed by atoms with Crippen molar-refractivity contribution in [3.8, 4) is 0 Å². The van der Waals surface area contributed by atoms with Crippen LogP contribution in [0.15, 0.2) is 28.7 Å². The van der Waals surface area contributed by atoms with Gasteiger partial charge in [-0.2, -0.15) is 4.98 Å². The number of nitrogens with one attached hydrogen (secondary N) is 1. The summed E-state index contributed by atoms with van der Waals surface area (Å²) in [6, 6.07) is 8.61. The first kappa shape index (κ1) is 17.2. The lowest BCUT2D eigenvalue weighted by Crippen LogP contribution is -2.39. The fraction of sp³-hybridized carbons (Fsp3) is 0.474. The highest BCUT2D eigenvalue weighted by Gasteiger charge is 2.26. The van der Waals surface area contributed by atoms with Crippen LogP contribution in [0.2, 0.25) is 0 Å². The van der Waals surface area contributed by atoms with Gasteiger partial charge in [-0.25, -0.2) is 4.98 Å². The molecule has 0 atom stereocenters. The summed E-state index contributed by atoms with van der Waals surface area (Å²) >= 11 is 3.58. The Balaban J connectivity index is 1.98. The standard InChI is InChI=1S/C19H25BrN4/c1-4-14(5-2)24-12-8-9-15-13(3)21-19(23-18(15)24)22-17-11-7-6-10-16(17)20/h6-7,10-11,14H,4-5,8-9,12H2,1-3H3,(H,21,22,23). The van der Waals surface area contributed by atoms with Crippen molar-refractivity contribution in [2.75, 3.05) is 16.8 Å². The number of halogens is 1. The number of fused-ring (bicyclic) bond motifs is 1. The van der Waals surface area contributed by atoms with E-state index in [2.05, 4.69) is 46.9 Å². The Kier molecular flexibility index (Phi) is 5.39. The molecule has 0 aliphatic carbocycles. The summed E-state index contributed by atoms with van der Waals surface area (Å²) in [5, 5.41) is 3.36. The van der Waals surface area contributed by atoms with Crippen molar-refractivity contribution in [1.29, 1.82) is 0 Å². The van der Waals surface area contributed by atoms with Crippen LogP contribution in [0.4, 0.5) is 17.5 Å². The zero-order chi connectivity index (χ0) is 17.1. The fourth-order valence-corrected chi connectivity index (χ4v) is 3.85. The highest BCUT2D eigenvalue weighted by Crippen LogP contribution is 2.32. The van der Waals surface area contributed by atoms with Crippen molar-refractivity contribution in [2.24, 2.45) is 0 Å². The molecule has 1 aromatic carbocycles. The maximum absolute atomic E-state index is 4.89. The van der Waals surface area contributed by atoms with E-state index in [1.165, 1.54) is 12.0 Å². The van der Waals surface area contributed by atoms with Crippen molar-refractivity contribution in [3.05, 3.63) is 40.0 Å². The summed E-state index contributed by atoms with van der Waals surface area (Å²) in [5.41, 5.74) is 3.39. The first-order chi connectivity index (χ1) is 11.6. The molecule has 1 aromatic heterocycles. The molecule has 2 aromatic rings. The number of anilines is 3. The fourth-order valence-electron chi connectivity index (χ4n) is 3.47. The lowest BCUT2D eigenvalue weighted by Gasteiger charge is -2.36.